The number of benzene rings is 1. The van der Waals surface area contributed by atoms with Crippen molar-refractivity contribution in [2.45, 2.75) is 6.92 Å². The summed E-state index contributed by atoms with van der Waals surface area (Å²) >= 11 is 0. The van der Waals surface area contributed by atoms with E-state index in [1.165, 1.54) is 0 Å². The van der Waals surface area contributed by atoms with Crippen LogP contribution in [0.2, 0.25) is 0 Å². The Labute approximate surface area is 110 Å². The molecule has 0 unspecified atom stereocenters. The fraction of sp³-hybridized carbons (Fsp3) is 0.154. The molecule has 2 rings (SSSR count). The lowest BCUT2D eigenvalue weighted by Gasteiger charge is -1.99. The second-order valence-electron chi connectivity index (χ2n) is 3.91. The number of amides is 1. The first-order chi connectivity index (χ1) is 9.19. The van der Waals surface area contributed by atoms with E-state index in [0.29, 0.717) is 5.69 Å². The smallest absolute Gasteiger partial charge is 0.291 e. The van der Waals surface area contributed by atoms with Gasteiger partial charge in [0.25, 0.3) is 5.91 Å². The Morgan fingerprint density at radius 2 is 2.16 bits per heavy atom. The zero-order chi connectivity index (χ0) is 13.7. The van der Waals surface area contributed by atoms with Crippen LogP contribution in [0.25, 0.3) is 0 Å². The number of hydrazone groups is 1. The van der Waals surface area contributed by atoms with Gasteiger partial charge in [-0.2, -0.15) is 10.2 Å². The molecule has 0 aliphatic carbocycles. The van der Waals surface area contributed by atoms with Crippen LogP contribution in [0.1, 0.15) is 21.7 Å². The fourth-order valence-electron chi connectivity index (χ4n) is 1.45. The maximum atomic E-state index is 11.6. The van der Waals surface area contributed by atoms with Gasteiger partial charge >= 0.3 is 0 Å². The SMILES string of the molecule is COc1ccc(C=NNC(=O)c2cc(C)[nH]n2)cc1. The van der Waals surface area contributed by atoms with Gasteiger partial charge in [-0.25, -0.2) is 5.43 Å². The van der Waals surface area contributed by atoms with Gasteiger partial charge in [0, 0.05) is 5.69 Å². The highest BCUT2D eigenvalue weighted by atomic mass is 16.5. The average molecular weight is 258 g/mol. The molecule has 1 aromatic heterocycles. The molecular formula is C13H14N4O2. The summed E-state index contributed by atoms with van der Waals surface area (Å²) in [5.41, 5.74) is 4.40. The van der Waals surface area contributed by atoms with Gasteiger partial charge in [0.05, 0.1) is 13.3 Å². The van der Waals surface area contributed by atoms with E-state index in [4.69, 9.17) is 4.74 Å². The third kappa shape index (κ3) is 3.41. The second-order valence-corrected chi connectivity index (χ2v) is 3.91. The standard InChI is InChI=1S/C13H14N4O2/c1-9-7-12(16-15-9)13(18)17-14-8-10-3-5-11(19-2)6-4-10/h3-8H,1-2H3,(H,15,16)(H,17,18). The molecule has 98 valence electrons. The van der Waals surface area contributed by atoms with E-state index in [9.17, 15) is 4.79 Å². The van der Waals surface area contributed by atoms with Crippen LogP contribution < -0.4 is 10.2 Å². The Bertz CT molecular complexity index is 587. The number of carbonyl (C=O) groups excluding carboxylic acids is 1. The van der Waals surface area contributed by atoms with E-state index in [1.807, 2.05) is 31.2 Å². The Kier molecular flexibility index (Phi) is 3.92. The molecule has 0 fully saturated rings. The molecule has 0 bridgehead atoms. The van der Waals surface area contributed by atoms with Crippen LogP contribution >= 0.6 is 0 Å². The van der Waals surface area contributed by atoms with Crippen LogP contribution in [-0.2, 0) is 0 Å². The normalized spacial score (nSPS) is 10.6. The number of ether oxygens (including phenoxy) is 1. The molecule has 1 amide bonds. The van der Waals surface area contributed by atoms with Gasteiger partial charge in [-0.15, -0.1) is 0 Å². The Balaban J connectivity index is 1.94. The summed E-state index contributed by atoms with van der Waals surface area (Å²) in [4.78, 5) is 11.6. The molecule has 2 N–H and O–H groups in total. The van der Waals surface area contributed by atoms with Crippen LogP contribution in [-0.4, -0.2) is 29.4 Å². The van der Waals surface area contributed by atoms with E-state index in [1.54, 1.807) is 19.4 Å². The van der Waals surface area contributed by atoms with Crippen LogP contribution in [0, 0.1) is 6.92 Å². The van der Waals surface area contributed by atoms with E-state index >= 15 is 0 Å². The van der Waals surface area contributed by atoms with Crippen LogP contribution in [0.4, 0.5) is 0 Å². The molecule has 0 aliphatic rings. The van der Waals surface area contributed by atoms with Crippen molar-refractivity contribution in [3.8, 4) is 5.75 Å². The van der Waals surface area contributed by atoms with Gasteiger partial charge < -0.3 is 4.74 Å². The Morgan fingerprint density at radius 3 is 2.74 bits per heavy atom. The van der Waals surface area contributed by atoms with Crippen molar-refractivity contribution in [1.29, 1.82) is 0 Å². The van der Waals surface area contributed by atoms with Crippen molar-refractivity contribution >= 4 is 12.1 Å². The van der Waals surface area contributed by atoms with Gasteiger partial charge in [0.1, 0.15) is 5.75 Å². The maximum absolute atomic E-state index is 11.6. The first-order valence-corrected chi connectivity index (χ1v) is 5.68. The lowest BCUT2D eigenvalue weighted by atomic mass is 10.2. The third-order valence-corrected chi connectivity index (χ3v) is 2.43. The number of H-pyrrole nitrogens is 1. The number of aryl methyl sites for hydroxylation is 1. The van der Waals surface area contributed by atoms with Gasteiger partial charge in [0.15, 0.2) is 5.69 Å². The molecule has 0 radical (unpaired) electrons. The lowest BCUT2D eigenvalue weighted by molar-refractivity contribution is 0.0950. The zero-order valence-corrected chi connectivity index (χ0v) is 10.7. The van der Waals surface area contributed by atoms with Crippen molar-refractivity contribution < 1.29 is 9.53 Å². The molecule has 0 saturated heterocycles. The molecule has 0 atom stereocenters. The highest BCUT2D eigenvalue weighted by Crippen LogP contribution is 2.09. The molecule has 19 heavy (non-hydrogen) atoms. The van der Waals surface area contributed by atoms with E-state index in [-0.39, 0.29) is 5.91 Å². The largest absolute Gasteiger partial charge is 0.497 e. The second kappa shape index (κ2) is 5.81. The highest BCUT2D eigenvalue weighted by Gasteiger charge is 2.07. The molecule has 0 spiro atoms. The van der Waals surface area contributed by atoms with Crippen molar-refractivity contribution in [1.82, 2.24) is 15.6 Å². The molecule has 1 aromatic carbocycles. The van der Waals surface area contributed by atoms with E-state index < -0.39 is 0 Å². The van der Waals surface area contributed by atoms with Gasteiger partial charge in [-0.1, -0.05) is 0 Å². The lowest BCUT2D eigenvalue weighted by Crippen LogP contribution is -2.17. The number of methoxy groups -OCH3 is 1. The number of hydrogen-bond donors (Lipinski definition) is 2. The zero-order valence-electron chi connectivity index (χ0n) is 10.7. The quantitative estimate of drug-likeness (QED) is 0.644. The number of carbonyl (C=O) groups is 1. The topological polar surface area (TPSA) is 79.4 Å². The number of nitrogens with one attached hydrogen (secondary N) is 2. The molecule has 0 aliphatic heterocycles. The van der Waals surface area contributed by atoms with Gasteiger partial charge in [-0.3, -0.25) is 9.89 Å². The highest BCUT2D eigenvalue weighted by molar-refractivity contribution is 5.93. The summed E-state index contributed by atoms with van der Waals surface area (Å²) in [7, 11) is 1.61. The first-order valence-electron chi connectivity index (χ1n) is 5.68. The minimum atomic E-state index is -0.353. The molecule has 1 heterocycles. The van der Waals surface area contributed by atoms with Gasteiger partial charge in [-0.05, 0) is 42.8 Å². The molecule has 0 saturated carbocycles. The third-order valence-electron chi connectivity index (χ3n) is 2.43. The van der Waals surface area contributed by atoms with Crippen LogP contribution in [0.5, 0.6) is 5.75 Å². The summed E-state index contributed by atoms with van der Waals surface area (Å²) < 4.78 is 5.05. The number of rotatable bonds is 4. The van der Waals surface area contributed by atoms with Crippen molar-refractivity contribution in [3.63, 3.8) is 0 Å². The summed E-state index contributed by atoms with van der Waals surface area (Å²) in [6.07, 6.45) is 1.55. The summed E-state index contributed by atoms with van der Waals surface area (Å²) in [6.45, 7) is 1.82. The molecular weight excluding hydrogens is 244 g/mol. The van der Waals surface area contributed by atoms with Crippen molar-refractivity contribution in [3.05, 3.63) is 47.3 Å². The maximum Gasteiger partial charge on any atom is 0.291 e. The first kappa shape index (κ1) is 12.8. The number of hydrogen-bond acceptors (Lipinski definition) is 4. The van der Waals surface area contributed by atoms with Crippen LogP contribution in [0.3, 0.4) is 0 Å². The number of aromatic nitrogens is 2. The van der Waals surface area contributed by atoms with E-state index in [0.717, 1.165) is 17.0 Å². The number of aromatic amines is 1. The Hall–Kier alpha value is -2.63. The minimum Gasteiger partial charge on any atom is -0.497 e. The predicted molar refractivity (Wildman–Crippen MR) is 71.4 cm³/mol. The number of nitrogens with zero attached hydrogens (tertiary/aromatic N) is 2. The van der Waals surface area contributed by atoms with E-state index in [2.05, 4.69) is 20.7 Å². The predicted octanol–water partition coefficient (Wildman–Crippen LogP) is 1.49. The fourth-order valence-corrected chi connectivity index (χ4v) is 1.45. The molecule has 6 heteroatoms. The van der Waals surface area contributed by atoms with Crippen molar-refractivity contribution in [2.75, 3.05) is 7.11 Å². The van der Waals surface area contributed by atoms with Gasteiger partial charge in [0.2, 0.25) is 0 Å². The Morgan fingerprint density at radius 1 is 1.42 bits per heavy atom. The molecule has 2 aromatic rings. The minimum absolute atomic E-state index is 0.310. The molecule has 6 nitrogen and oxygen atoms in total. The summed E-state index contributed by atoms with van der Waals surface area (Å²) in [5.74, 6) is 0.419. The average Bonchev–Trinajstić information content (AvgIpc) is 2.86. The summed E-state index contributed by atoms with van der Waals surface area (Å²) in [6, 6.07) is 8.97. The summed E-state index contributed by atoms with van der Waals surface area (Å²) in [5, 5.41) is 10.4. The van der Waals surface area contributed by atoms with Crippen molar-refractivity contribution in [2.24, 2.45) is 5.10 Å². The van der Waals surface area contributed by atoms with Crippen LogP contribution in [0.15, 0.2) is 35.4 Å². The monoisotopic (exact) mass is 258 g/mol.